The first-order valence-corrected chi connectivity index (χ1v) is 4.94. The zero-order valence-corrected chi connectivity index (χ0v) is 8.63. The maximum absolute atomic E-state index is 9.84. The summed E-state index contributed by atoms with van der Waals surface area (Å²) in [6.45, 7) is 0. The second-order valence-corrected chi connectivity index (χ2v) is 3.58. The number of aliphatic hydroxyl groups is 1. The van der Waals surface area contributed by atoms with E-state index in [0.717, 1.165) is 17.7 Å². The summed E-state index contributed by atoms with van der Waals surface area (Å²) >= 11 is 0. The van der Waals surface area contributed by atoms with Gasteiger partial charge in [0.25, 0.3) is 0 Å². The van der Waals surface area contributed by atoms with Gasteiger partial charge >= 0.3 is 0 Å². The molecule has 2 rings (SSSR count). The van der Waals surface area contributed by atoms with Gasteiger partial charge in [-0.25, -0.2) is 0 Å². The minimum Gasteiger partial charge on any atom is -0.469 e. The van der Waals surface area contributed by atoms with Crippen molar-refractivity contribution in [2.45, 2.75) is 18.9 Å². The highest BCUT2D eigenvalue weighted by Crippen LogP contribution is 2.18. The van der Waals surface area contributed by atoms with Crippen LogP contribution in [0.2, 0.25) is 0 Å². The topological polar surface area (TPSA) is 51.2 Å². The summed E-state index contributed by atoms with van der Waals surface area (Å²) in [7, 11) is 1.84. The Morgan fingerprint density at radius 2 is 2.47 bits per heavy atom. The summed E-state index contributed by atoms with van der Waals surface area (Å²) in [6, 6.07) is 3.77. The van der Waals surface area contributed by atoms with Crippen LogP contribution < -0.4 is 0 Å². The maximum atomic E-state index is 9.84. The van der Waals surface area contributed by atoms with Crippen molar-refractivity contribution in [3.63, 3.8) is 0 Å². The number of nitrogens with zero attached hydrogens (tertiary/aromatic N) is 2. The number of furan rings is 1. The van der Waals surface area contributed by atoms with Gasteiger partial charge in [-0.3, -0.25) is 4.68 Å². The quantitative estimate of drug-likeness (QED) is 0.828. The van der Waals surface area contributed by atoms with Gasteiger partial charge in [0.05, 0.1) is 18.6 Å². The molecule has 0 saturated heterocycles. The summed E-state index contributed by atoms with van der Waals surface area (Å²) in [6.07, 6.45) is 6.08. The summed E-state index contributed by atoms with van der Waals surface area (Å²) in [5.41, 5.74) is 0.851. The van der Waals surface area contributed by atoms with Gasteiger partial charge in [0, 0.05) is 25.2 Å². The summed E-state index contributed by atoms with van der Waals surface area (Å²) < 4.78 is 6.88. The second kappa shape index (κ2) is 4.31. The zero-order chi connectivity index (χ0) is 10.7. The molecule has 1 unspecified atom stereocenters. The Bertz CT molecular complexity index is 406. The summed E-state index contributed by atoms with van der Waals surface area (Å²) in [5.74, 6) is 0.901. The summed E-state index contributed by atoms with van der Waals surface area (Å²) in [5, 5.41) is 13.9. The average Bonchev–Trinajstić information content (AvgIpc) is 2.84. The standard InChI is InChI=1S/C11H14N2O2/c1-13-8-9(7-12-13)11(14)5-4-10-3-2-6-15-10/h2-3,6-8,11,14H,4-5H2,1H3. The molecule has 0 aliphatic heterocycles. The van der Waals surface area contributed by atoms with E-state index in [4.69, 9.17) is 4.42 Å². The Kier molecular flexibility index (Phi) is 2.87. The van der Waals surface area contributed by atoms with Crippen molar-refractivity contribution in [1.29, 1.82) is 0 Å². The molecule has 80 valence electrons. The van der Waals surface area contributed by atoms with Gasteiger partial charge < -0.3 is 9.52 Å². The molecule has 15 heavy (non-hydrogen) atoms. The number of aryl methyl sites for hydroxylation is 2. The van der Waals surface area contributed by atoms with Crippen LogP contribution in [0.3, 0.4) is 0 Å². The van der Waals surface area contributed by atoms with E-state index in [9.17, 15) is 5.11 Å². The van der Waals surface area contributed by atoms with Crippen LogP contribution in [-0.2, 0) is 13.5 Å². The van der Waals surface area contributed by atoms with Gasteiger partial charge in [-0.05, 0) is 18.6 Å². The van der Waals surface area contributed by atoms with Gasteiger partial charge in [0.15, 0.2) is 0 Å². The van der Waals surface area contributed by atoms with Crippen molar-refractivity contribution in [3.8, 4) is 0 Å². The van der Waals surface area contributed by atoms with Crippen molar-refractivity contribution in [3.05, 3.63) is 42.1 Å². The van der Waals surface area contributed by atoms with E-state index in [2.05, 4.69) is 5.10 Å². The second-order valence-electron chi connectivity index (χ2n) is 3.58. The number of aliphatic hydroxyl groups excluding tert-OH is 1. The molecule has 1 atom stereocenters. The highest BCUT2D eigenvalue weighted by atomic mass is 16.3. The molecule has 0 radical (unpaired) electrons. The minimum atomic E-state index is -0.469. The van der Waals surface area contributed by atoms with Gasteiger partial charge in [0.2, 0.25) is 0 Å². The third-order valence-corrected chi connectivity index (χ3v) is 2.35. The van der Waals surface area contributed by atoms with E-state index in [1.165, 1.54) is 0 Å². The molecule has 4 heteroatoms. The minimum absolute atomic E-state index is 0.469. The van der Waals surface area contributed by atoms with E-state index in [1.807, 2.05) is 25.4 Å². The predicted octanol–water partition coefficient (Wildman–Crippen LogP) is 1.68. The van der Waals surface area contributed by atoms with Crippen LogP contribution in [0.15, 0.2) is 35.2 Å². The van der Waals surface area contributed by atoms with Gasteiger partial charge in [-0.1, -0.05) is 0 Å². The number of aromatic nitrogens is 2. The maximum Gasteiger partial charge on any atom is 0.103 e. The Morgan fingerprint density at radius 1 is 1.60 bits per heavy atom. The fourth-order valence-corrected chi connectivity index (χ4v) is 1.51. The smallest absolute Gasteiger partial charge is 0.103 e. The van der Waals surface area contributed by atoms with Gasteiger partial charge in [-0.15, -0.1) is 0 Å². The normalized spacial score (nSPS) is 12.9. The fourth-order valence-electron chi connectivity index (χ4n) is 1.51. The van der Waals surface area contributed by atoms with Crippen molar-refractivity contribution in [1.82, 2.24) is 9.78 Å². The molecule has 0 spiro atoms. The first-order valence-electron chi connectivity index (χ1n) is 4.94. The van der Waals surface area contributed by atoms with Crippen LogP contribution in [0.1, 0.15) is 23.8 Å². The van der Waals surface area contributed by atoms with Crippen molar-refractivity contribution >= 4 is 0 Å². The highest BCUT2D eigenvalue weighted by molar-refractivity contribution is 5.08. The lowest BCUT2D eigenvalue weighted by molar-refractivity contribution is 0.165. The van der Waals surface area contributed by atoms with Crippen LogP contribution in [0, 0.1) is 0 Å². The lowest BCUT2D eigenvalue weighted by Gasteiger charge is -2.06. The van der Waals surface area contributed by atoms with Crippen LogP contribution in [-0.4, -0.2) is 14.9 Å². The molecule has 0 aliphatic rings. The van der Waals surface area contributed by atoms with E-state index in [-0.39, 0.29) is 0 Å². The molecule has 0 aromatic carbocycles. The van der Waals surface area contributed by atoms with E-state index >= 15 is 0 Å². The zero-order valence-electron chi connectivity index (χ0n) is 8.63. The molecule has 0 saturated carbocycles. The lowest BCUT2D eigenvalue weighted by atomic mass is 10.1. The van der Waals surface area contributed by atoms with E-state index in [1.54, 1.807) is 17.1 Å². The third-order valence-electron chi connectivity index (χ3n) is 2.35. The first kappa shape index (κ1) is 9.98. The Hall–Kier alpha value is -1.55. The monoisotopic (exact) mass is 206 g/mol. The Labute approximate surface area is 88.1 Å². The predicted molar refractivity (Wildman–Crippen MR) is 55.2 cm³/mol. The number of hydrogen-bond donors (Lipinski definition) is 1. The van der Waals surface area contributed by atoms with Crippen LogP contribution in [0.25, 0.3) is 0 Å². The SMILES string of the molecule is Cn1cc(C(O)CCc2ccco2)cn1. The number of hydrogen-bond acceptors (Lipinski definition) is 3. The fraction of sp³-hybridized carbons (Fsp3) is 0.364. The number of rotatable bonds is 4. The molecule has 0 fully saturated rings. The van der Waals surface area contributed by atoms with E-state index in [0.29, 0.717) is 6.42 Å². The van der Waals surface area contributed by atoms with Gasteiger partial charge in [-0.2, -0.15) is 5.10 Å². The highest BCUT2D eigenvalue weighted by Gasteiger charge is 2.10. The van der Waals surface area contributed by atoms with Crippen molar-refractivity contribution in [2.75, 3.05) is 0 Å². The van der Waals surface area contributed by atoms with Crippen molar-refractivity contribution < 1.29 is 9.52 Å². The van der Waals surface area contributed by atoms with Crippen LogP contribution in [0.4, 0.5) is 0 Å². The molecule has 2 heterocycles. The van der Waals surface area contributed by atoms with Crippen molar-refractivity contribution in [2.24, 2.45) is 7.05 Å². The Morgan fingerprint density at radius 3 is 3.07 bits per heavy atom. The molecule has 4 nitrogen and oxygen atoms in total. The van der Waals surface area contributed by atoms with Gasteiger partial charge in [0.1, 0.15) is 5.76 Å². The molecule has 0 bridgehead atoms. The first-order chi connectivity index (χ1) is 7.25. The van der Waals surface area contributed by atoms with Crippen LogP contribution >= 0.6 is 0 Å². The van der Waals surface area contributed by atoms with Crippen LogP contribution in [0.5, 0.6) is 0 Å². The van der Waals surface area contributed by atoms with E-state index < -0.39 is 6.10 Å². The summed E-state index contributed by atoms with van der Waals surface area (Å²) in [4.78, 5) is 0. The molecular formula is C11H14N2O2. The Balaban J connectivity index is 1.90. The molecular weight excluding hydrogens is 192 g/mol. The third kappa shape index (κ3) is 2.47. The molecule has 2 aromatic heterocycles. The molecule has 1 N–H and O–H groups in total. The largest absolute Gasteiger partial charge is 0.469 e. The molecule has 0 amide bonds. The average molecular weight is 206 g/mol. The molecule has 0 aliphatic carbocycles. The lowest BCUT2D eigenvalue weighted by Crippen LogP contribution is -1.98. The molecule has 2 aromatic rings.